The highest BCUT2D eigenvalue weighted by Crippen LogP contribution is 2.38. The molecule has 0 spiro atoms. The lowest BCUT2D eigenvalue weighted by Crippen LogP contribution is -2.49. The molecule has 10 N–H and O–H groups in total. The number of fused-ring (bicyclic) bond motifs is 2. The zero-order valence-corrected chi connectivity index (χ0v) is 44.8. The zero-order valence-electron chi connectivity index (χ0n) is 44.8. The van der Waals surface area contributed by atoms with E-state index in [4.69, 9.17) is 29.9 Å². The van der Waals surface area contributed by atoms with Crippen LogP contribution in [0.1, 0.15) is 116 Å². The van der Waals surface area contributed by atoms with Crippen LogP contribution in [0.4, 0.5) is 28.3 Å². The number of likely N-dealkylation sites (N-methyl/N-ethyl adjacent to an activating group) is 2. The molecule has 0 unspecified atom stereocenters. The summed E-state index contributed by atoms with van der Waals surface area (Å²) in [5.41, 5.74) is 2.25. The molecule has 25 heteroatoms. The first-order chi connectivity index (χ1) is 36.5. The van der Waals surface area contributed by atoms with Crippen LogP contribution in [0.2, 0.25) is 0 Å². The summed E-state index contributed by atoms with van der Waals surface area (Å²) in [6.07, 6.45) is 8.20. The quantitative estimate of drug-likeness (QED) is 0.0743. The second-order valence-electron chi connectivity index (χ2n) is 22.7. The third-order valence-corrected chi connectivity index (χ3v) is 17.3. The summed E-state index contributed by atoms with van der Waals surface area (Å²) < 4.78 is 3.64. The van der Waals surface area contributed by atoms with Crippen LogP contribution in [0.15, 0.2) is 12.7 Å². The lowest BCUT2D eigenvalue weighted by atomic mass is 9.90. The van der Waals surface area contributed by atoms with Gasteiger partial charge in [-0.05, 0) is 105 Å². The van der Waals surface area contributed by atoms with E-state index in [9.17, 15) is 34.8 Å². The molecule has 10 rings (SSSR count). The fraction of sp³-hybridized carbons (Fsp3) is 0.745. The van der Waals surface area contributed by atoms with Crippen LogP contribution in [0, 0.1) is 0 Å². The largest absolute Gasteiger partial charge is 0.388 e. The van der Waals surface area contributed by atoms with Crippen LogP contribution < -0.4 is 41.7 Å². The summed E-state index contributed by atoms with van der Waals surface area (Å²) in [7, 11) is 8.31. The second-order valence-corrected chi connectivity index (χ2v) is 22.7. The minimum atomic E-state index is -1.14. The van der Waals surface area contributed by atoms with E-state index in [1.165, 1.54) is 0 Å². The van der Waals surface area contributed by atoms with Gasteiger partial charge in [0, 0.05) is 75.3 Å². The molecule has 0 radical (unpaired) electrons. The van der Waals surface area contributed by atoms with Gasteiger partial charge in [-0.2, -0.15) is 19.9 Å². The normalized spacial score (nSPS) is 31.9. The highest BCUT2D eigenvalue weighted by atomic mass is 16.3. The molecule has 4 amide bonds. The van der Waals surface area contributed by atoms with Crippen molar-refractivity contribution in [3.63, 3.8) is 0 Å². The second kappa shape index (κ2) is 22.7. The van der Waals surface area contributed by atoms with Gasteiger partial charge in [-0.1, -0.05) is 13.8 Å². The number of carbonyl (C=O) groups is 3. The van der Waals surface area contributed by atoms with Gasteiger partial charge in [0.1, 0.15) is 24.4 Å². The van der Waals surface area contributed by atoms with Gasteiger partial charge in [-0.3, -0.25) is 9.59 Å². The van der Waals surface area contributed by atoms with E-state index >= 15 is 0 Å². The van der Waals surface area contributed by atoms with E-state index in [0.29, 0.717) is 70.8 Å². The van der Waals surface area contributed by atoms with Crippen molar-refractivity contribution in [2.75, 3.05) is 74.8 Å². The molecule has 2 aliphatic heterocycles. The molecule has 25 nitrogen and oxygen atoms in total. The predicted octanol–water partition coefficient (Wildman–Crippen LogP) is 0.815. The van der Waals surface area contributed by atoms with Crippen molar-refractivity contribution in [3.8, 4) is 0 Å². The van der Waals surface area contributed by atoms with E-state index < -0.39 is 48.6 Å². The topological polar surface area (TPSA) is 304 Å². The first kappa shape index (κ1) is 53.7. The Morgan fingerprint density at radius 3 is 1.28 bits per heavy atom. The van der Waals surface area contributed by atoms with Crippen molar-refractivity contribution < 1.29 is 34.8 Å². The molecule has 6 heterocycles. The number of aromatic nitrogens is 8. The first-order valence-corrected chi connectivity index (χ1v) is 27.8. The fourth-order valence-corrected chi connectivity index (χ4v) is 12.5. The Kier molecular flexibility index (Phi) is 16.0. The Bertz CT molecular complexity index is 2510. The highest BCUT2D eigenvalue weighted by Gasteiger charge is 2.46. The number of urea groups is 1. The summed E-state index contributed by atoms with van der Waals surface area (Å²) in [5, 5.41) is 64.0. The predicted molar refractivity (Wildman–Crippen MR) is 286 cm³/mol. The molecule has 6 aliphatic rings. The Balaban J connectivity index is 0.752. The molecule has 4 aromatic heterocycles. The number of imidazole rings is 2. The Hall–Kier alpha value is -5.73. The highest BCUT2D eigenvalue weighted by molar-refractivity contribution is 5.86. The van der Waals surface area contributed by atoms with Gasteiger partial charge in [0.25, 0.3) is 0 Å². The molecule has 4 saturated carbocycles. The summed E-state index contributed by atoms with van der Waals surface area (Å²) in [6, 6.07) is -1.63. The number of anilines is 4. The molecule has 4 aromatic rings. The smallest absolute Gasteiger partial charge is 0.315 e. The van der Waals surface area contributed by atoms with Crippen molar-refractivity contribution >= 4 is 63.7 Å². The molecular formula is C51H80N18O7. The number of nitrogens with zero attached hydrogens (tertiary/aromatic N) is 12. The maximum absolute atomic E-state index is 13.5. The van der Waals surface area contributed by atoms with Crippen molar-refractivity contribution in [3.05, 3.63) is 12.7 Å². The number of amides is 4. The monoisotopic (exact) mass is 1060 g/mol. The molecule has 2 saturated heterocycles. The molecule has 0 bridgehead atoms. The van der Waals surface area contributed by atoms with Crippen LogP contribution >= 0.6 is 0 Å². The number of aliphatic hydroxyl groups is 4. The van der Waals surface area contributed by atoms with Gasteiger partial charge >= 0.3 is 6.03 Å². The van der Waals surface area contributed by atoms with Gasteiger partial charge in [0.2, 0.25) is 23.7 Å². The summed E-state index contributed by atoms with van der Waals surface area (Å²) in [6.45, 7) is 6.62. The molecule has 76 heavy (non-hydrogen) atoms. The van der Waals surface area contributed by atoms with Crippen LogP contribution in [0.25, 0.3) is 22.3 Å². The fourth-order valence-electron chi connectivity index (χ4n) is 12.5. The van der Waals surface area contributed by atoms with E-state index in [1.807, 2.05) is 9.13 Å². The molecule has 0 aromatic carbocycles. The van der Waals surface area contributed by atoms with Gasteiger partial charge in [0.05, 0.1) is 36.8 Å². The summed E-state index contributed by atoms with van der Waals surface area (Å²) in [5.74, 6) is 1.99. The van der Waals surface area contributed by atoms with E-state index in [0.717, 1.165) is 90.4 Å². The van der Waals surface area contributed by atoms with Gasteiger partial charge in [-0.15, -0.1) is 0 Å². The van der Waals surface area contributed by atoms with Crippen LogP contribution in [0.5, 0.6) is 0 Å². The number of carbonyl (C=O) groups excluding carboxylic acids is 3. The SMILES string of the molecule is CCC(=O)N[C@H]1C[C@@H](n2cnc3c(N[C@H]4CC[C@H](NC(=O)N[C@H]5CC[C@H](Nc6nc(N7CC[C@@H](N(C)C)C7)nc7c6ncn7[C@@H]6C[C@H](NC(=O)CC)[C@@H](O)[C@H]6O)CC5)CC4)nc(N4CC[C@@H](N(C)C)C4)nc32)[C@H](O)[C@@H]1O. The molecule has 4 aliphatic carbocycles. The maximum atomic E-state index is 13.5. The molecular weight excluding hydrogens is 977 g/mol. The van der Waals surface area contributed by atoms with Crippen molar-refractivity contribution in [1.29, 1.82) is 0 Å². The summed E-state index contributed by atoms with van der Waals surface area (Å²) in [4.78, 5) is 76.6. The Labute approximate surface area is 443 Å². The van der Waals surface area contributed by atoms with Crippen molar-refractivity contribution in [2.45, 2.75) is 189 Å². The van der Waals surface area contributed by atoms with E-state index in [-0.39, 0.29) is 54.9 Å². The number of nitrogens with one attached hydrogen (secondary N) is 6. The van der Waals surface area contributed by atoms with Crippen molar-refractivity contribution in [2.24, 2.45) is 0 Å². The number of hydrogen-bond donors (Lipinski definition) is 10. The molecule has 10 atom stereocenters. The number of aliphatic hydroxyl groups excluding tert-OH is 4. The van der Waals surface area contributed by atoms with Crippen LogP contribution in [-0.2, 0) is 9.59 Å². The van der Waals surface area contributed by atoms with Gasteiger partial charge in [-0.25, -0.2) is 14.8 Å². The van der Waals surface area contributed by atoms with Gasteiger partial charge < -0.3 is 81.1 Å². The third kappa shape index (κ3) is 11.2. The maximum Gasteiger partial charge on any atom is 0.315 e. The first-order valence-electron chi connectivity index (χ1n) is 27.8. The molecule has 6 fully saturated rings. The number of rotatable bonds is 16. The number of hydrogen-bond acceptors (Lipinski definition) is 19. The lowest BCUT2D eigenvalue weighted by molar-refractivity contribution is -0.123. The average molecular weight is 1060 g/mol. The summed E-state index contributed by atoms with van der Waals surface area (Å²) >= 11 is 0. The lowest BCUT2D eigenvalue weighted by Gasteiger charge is -2.32. The Morgan fingerprint density at radius 2 is 0.921 bits per heavy atom. The third-order valence-electron chi connectivity index (χ3n) is 17.3. The minimum Gasteiger partial charge on any atom is -0.388 e. The van der Waals surface area contributed by atoms with Crippen LogP contribution in [0.3, 0.4) is 0 Å². The van der Waals surface area contributed by atoms with E-state index in [2.05, 4.69) is 79.7 Å². The zero-order chi connectivity index (χ0) is 53.5. The van der Waals surface area contributed by atoms with Gasteiger partial charge in [0.15, 0.2) is 34.0 Å². The minimum absolute atomic E-state index is 0.00705. The van der Waals surface area contributed by atoms with Crippen molar-refractivity contribution in [1.82, 2.24) is 70.1 Å². The van der Waals surface area contributed by atoms with Crippen LogP contribution in [-0.4, -0.2) is 214 Å². The molecule has 416 valence electrons. The standard InChI is InChI=1S/C51H80N18O7/c1-7-37(70)58-33-21-35(43(74)41(33)72)68-25-52-39-45(60-49(62-47(39)68)66-19-17-31(23-66)64(3)4)54-27-9-13-29(14-10-27)56-51(76)57-30-15-11-28(12-16-30)55-46-40-48(63-50(61-46)67-20-18-32(24-67)65(5)6)69(26-53-40)36-22-34(42(73)44(36)75)59-38(71)8-2/h25-36,41-44,72-75H,7-24H2,1-6H3,(H,58,70)(H,59,71)(H,54,60,62)(H,55,61,63)(H2,56,57,76)/t27-,28-,29-,30-,31-,32-,33+,34+,35-,36-,41-,42-,43+,44+/m1/s1. The average Bonchev–Trinajstić information content (AvgIpc) is 4.29. The Morgan fingerprint density at radius 1 is 0.539 bits per heavy atom. The van der Waals surface area contributed by atoms with E-state index in [1.54, 1.807) is 26.5 Å².